The van der Waals surface area contributed by atoms with Gasteiger partial charge in [0.15, 0.2) is 0 Å². The molecule has 1 aromatic rings. The van der Waals surface area contributed by atoms with Crippen LogP contribution in [0.3, 0.4) is 0 Å². The van der Waals surface area contributed by atoms with Gasteiger partial charge in [-0.2, -0.15) is 0 Å². The maximum absolute atomic E-state index is 13.4. The second kappa shape index (κ2) is 7.63. The lowest BCUT2D eigenvalue weighted by atomic mass is 9.73. The SMILES string of the molecule is COC(=O)CN1C(=O)C2(CCN(CC3CCCCC3)CC2)c2ccccc21. The van der Waals surface area contributed by atoms with E-state index in [9.17, 15) is 9.59 Å². The fraction of sp³-hybridized carbons (Fsp3) is 0.636. The summed E-state index contributed by atoms with van der Waals surface area (Å²) in [6.45, 7) is 3.10. The minimum atomic E-state index is -0.465. The molecule has 1 saturated carbocycles. The first-order valence-electron chi connectivity index (χ1n) is 10.3. The van der Waals surface area contributed by atoms with Crippen molar-refractivity contribution in [3.63, 3.8) is 0 Å². The highest BCUT2D eigenvalue weighted by Gasteiger charge is 2.52. The zero-order valence-corrected chi connectivity index (χ0v) is 16.3. The van der Waals surface area contributed by atoms with Gasteiger partial charge in [-0.1, -0.05) is 37.5 Å². The lowest BCUT2D eigenvalue weighted by Gasteiger charge is -2.40. The van der Waals surface area contributed by atoms with Gasteiger partial charge in [-0.15, -0.1) is 0 Å². The van der Waals surface area contributed by atoms with Gasteiger partial charge >= 0.3 is 5.97 Å². The van der Waals surface area contributed by atoms with Gasteiger partial charge in [0.25, 0.3) is 0 Å². The number of hydrogen-bond acceptors (Lipinski definition) is 4. The first kappa shape index (κ1) is 18.5. The van der Waals surface area contributed by atoms with Crippen molar-refractivity contribution in [2.75, 3.05) is 38.2 Å². The van der Waals surface area contributed by atoms with Crippen LogP contribution < -0.4 is 4.90 Å². The lowest BCUT2D eigenvalue weighted by molar-refractivity contribution is -0.140. The number of para-hydroxylation sites is 1. The predicted molar refractivity (Wildman–Crippen MR) is 105 cm³/mol. The van der Waals surface area contributed by atoms with Crippen LogP contribution >= 0.6 is 0 Å². The summed E-state index contributed by atoms with van der Waals surface area (Å²) in [5.74, 6) is 0.534. The second-order valence-electron chi connectivity index (χ2n) is 8.37. The molecule has 1 amide bonds. The molecule has 1 aliphatic carbocycles. The minimum absolute atomic E-state index is 0.000114. The van der Waals surface area contributed by atoms with Gasteiger partial charge < -0.3 is 14.5 Å². The Balaban J connectivity index is 1.49. The summed E-state index contributed by atoms with van der Waals surface area (Å²) in [5, 5.41) is 0. The highest BCUT2D eigenvalue weighted by Crippen LogP contribution is 2.48. The maximum atomic E-state index is 13.4. The Morgan fingerprint density at radius 3 is 2.56 bits per heavy atom. The van der Waals surface area contributed by atoms with Crippen molar-refractivity contribution in [1.29, 1.82) is 0 Å². The molecule has 5 heteroatoms. The smallest absolute Gasteiger partial charge is 0.325 e. The van der Waals surface area contributed by atoms with Crippen LogP contribution in [0, 0.1) is 5.92 Å². The third-order valence-corrected chi connectivity index (χ3v) is 6.83. The number of methoxy groups -OCH3 is 1. The number of ether oxygens (including phenoxy) is 1. The summed E-state index contributed by atoms with van der Waals surface area (Å²) in [6.07, 6.45) is 8.53. The van der Waals surface area contributed by atoms with Gasteiger partial charge in [0.1, 0.15) is 6.54 Å². The van der Waals surface area contributed by atoms with E-state index in [0.29, 0.717) is 0 Å². The van der Waals surface area contributed by atoms with Crippen LogP contribution in [0.5, 0.6) is 0 Å². The van der Waals surface area contributed by atoms with E-state index < -0.39 is 5.41 Å². The van der Waals surface area contributed by atoms with E-state index in [1.807, 2.05) is 18.2 Å². The van der Waals surface area contributed by atoms with Crippen molar-refractivity contribution in [3.05, 3.63) is 29.8 Å². The molecule has 0 aromatic heterocycles. The Bertz CT molecular complexity index is 703. The predicted octanol–water partition coefficient (Wildman–Crippen LogP) is 3.12. The molecule has 1 spiro atoms. The molecule has 5 nitrogen and oxygen atoms in total. The Morgan fingerprint density at radius 1 is 1.15 bits per heavy atom. The molecule has 0 atom stereocenters. The van der Waals surface area contributed by atoms with Gasteiger partial charge in [0.2, 0.25) is 5.91 Å². The second-order valence-corrected chi connectivity index (χ2v) is 8.37. The highest BCUT2D eigenvalue weighted by molar-refractivity contribution is 6.10. The summed E-state index contributed by atoms with van der Waals surface area (Å²) < 4.78 is 4.81. The number of piperidine rings is 1. The van der Waals surface area contributed by atoms with Crippen molar-refractivity contribution in [1.82, 2.24) is 4.90 Å². The summed E-state index contributed by atoms with van der Waals surface area (Å²) in [6, 6.07) is 7.97. The van der Waals surface area contributed by atoms with Crippen LogP contribution in [0.4, 0.5) is 5.69 Å². The third-order valence-electron chi connectivity index (χ3n) is 6.83. The Labute approximate surface area is 161 Å². The summed E-state index contributed by atoms with van der Waals surface area (Å²) in [4.78, 5) is 29.4. The minimum Gasteiger partial charge on any atom is -0.468 e. The van der Waals surface area contributed by atoms with E-state index in [1.54, 1.807) is 4.90 Å². The first-order valence-corrected chi connectivity index (χ1v) is 10.3. The number of esters is 1. The monoisotopic (exact) mass is 370 g/mol. The van der Waals surface area contributed by atoms with Gasteiger partial charge in [-0.05, 0) is 56.3 Å². The van der Waals surface area contributed by atoms with Crippen molar-refractivity contribution < 1.29 is 14.3 Å². The summed E-state index contributed by atoms with van der Waals surface area (Å²) in [7, 11) is 1.37. The van der Waals surface area contributed by atoms with E-state index >= 15 is 0 Å². The quantitative estimate of drug-likeness (QED) is 0.764. The van der Waals surface area contributed by atoms with E-state index in [-0.39, 0.29) is 18.4 Å². The summed E-state index contributed by atoms with van der Waals surface area (Å²) >= 11 is 0. The molecule has 2 aliphatic heterocycles. The van der Waals surface area contributed by atoms with E-state index in [0.717, 1.165) is 43.1 Å². The molecule has 2 heterocycles. The Hall–Kier alpha value is -1.88. The molecular formula is C22H30N2O3. The zero-order chi connectivity index (χ0) is 18.9. The van der Waals surface area contributed by atoms with Crippen LogP contribution in [-0.2, 0) is 19.7 Å². The number of likely N-dealkylation sites (tertiary alicyclic amines) is 1. The van der Waals surface area contributed by atoms with Crippen LogP contribution in [0.2, 0.25) is 0 Å². The first-order chi connectivity index (χ1) is 13.1. The molecule has 27 heavy (non-hydrogen) atoms. The largest absolute Gasteiger partial charge is 0.468 e. The molecule has 2 fully saturated rings. The molecular weight excluding hydrogens is 340 g/mol. The molecule has 1 saturated heterocycles. The number of hydrogen-bond donors (Lipinski definition) is 0. The third kappa shape index (κ3) is 3.38. The molecule has 3 aliphatic rings. The average Bonchev–Trinajstić information content (AvgIpc) is 2.93. The normalized spacial score (nSPS) is 22.9. The van der Waals surface area contributed by atoms with Gasteiger partial charge in [-0.3, -0.25) is 9.59 Å². The number of fused-ring (bicyclic) bond motifs is 2. The van der Waals surface area contributed by atoms with Crippen LogP contribution in [-0.4, -0.2) is 50.1 Å². The maximum Gasteiger partial charge on any atom is 0.325 e. The Morgan fingerprint density at radius 2 is 1.85 bits per heavy atom. The van der Waals surface area contributed by atoms with Crippen molar-refractivity contribution in [3.8, 4) is 0 Å². The standard InChI is InChI=1S/C22H30N2O3/c1-27-20(25)16-24-19-10-6-5-9-18(19)22(21(24)26)11-13-23(14-12-22)15-17-7-3-2-4-8-17/h5-6,9-10,17H,2-4,7-8,11-16H2,1H3. The molecule has 0 unspecified atom stereocenters. The van der Waals surface area contributed by atoms with E-state index in [4.69, 9.17) is 4.74 Å². The molecule has 4 rings (SSSR count). The zero-order valence-electron chi connectivity index (χ0n) is 16.3. The number of amides is 1. The Kier molecular flexibility index (Phi) is 5.22. The number of anilines is 1. The molecule has 146 valence electrons. The van der Waals surface area contributed by atoms with Gasteiger partial charge in [-0.25, -0.2) is 0 Å². The van der Waals surface area contributed by atoms with Crippen molar-refractivity contribution >= 4 is 17.6 Å². The van der Waals surface area contributed by atoms with Crippen molar-refractivity contribution in [2.24, 2.45) is 5.92 Å². The number of carbonyl (C=O) groups is 2. The highest BCUT2D eigenvalue weighted by atomic mass is 16.5. The number of rotatable bonds is 4. The topological polar surface area (TPSA) is 49.9 Å². The number of nitrogens with zero attached hydrogens (tertiary/aromatic N) is 2. The molecule has 0 N–H and O–H groups in total. The molecule has 1 aromatic carbocycles. The fourth-order valence-electron chi connectivity index (χ4n) is 5.28. The van der Waals surface area contributed by atoms with Crippen molar-refractivity contribution in [2.45, 2.75) is 50.4 Å². The van der Waals surface area contributed by atoms with E-state index in [2.05, 4.69) is 11.0 Å². The van der Waals surface area contributed by atoms with Gasteiger partial charge in [0.05, 0.1) is 12.5 Å². The molecule has 0 bridgehead atoms. The lowest BCUT2D eigenvalue weighted by Crippen LogP contribution is -2.50. The van der Waals surface area contributed by atoms with E-state index in [1.165, 1.54) is 45.8 Å². The van der Waals surface area contributed by atoms with Crippen LogP contribution in [0.25, 0.3) is 0 Å². The van der Waals surface area contributed by atoms with Gasteiger partial charge in [0, 0.05) is 12.2 Å². The number of benzene rings is 1. The van der Waals surface area contributed by atoms with Crippen LogP contribution in [0.1, 0.15) is 50.5 Å². The van der Waals surface area contributed by atoms with Crippen LogP contribution in [0.15, 0.2) is 24.3 Å². The number of carbonyl (C=O) groups excluding carboxylic acids is 2. The molecule has 0 radical (unpaired) electrons. The average molecular weight is 370 g/mol. The fourth-order valence-corrected chi connectivity index (χ4v) is 5.28. The summed E-state index contributed by atoms with van der Waals surface area (Å²) in [5.41, 5.74) is 1.51.